The first-order chi connectivity index (χ1) is 21.3. The predicted octanol–water partition coefficient (Wildman–Crippen LogP) is 11.4. The quantitative estimate of drug-likeness (QED) is 0.0325. The monoisotopic (exact) mass is 640 g/mol. The van der Waals surface area contributed by atoms with Crippen LogP contribution in [0.4, 0.5) is 0 Å². The van der Waals surface area contributed by atoms with Gasteiger partial charge < -0.3 is 0 Å². The van der Waals surface area contributed by atoms with Crippen molar-refractivity contribution in [3.05, 3.63) is 24.3 Å². The second-order valence-corrected chi connectivity index (χ2v) is 13.6. The number of Topliss-reactive ketones (excluding diaryl/α,β-unsaturated/α-hetero) is 2. The maximum absolute atomic E-state index is 12.6. The molecule has 258 valence electrons. The molecule has 0 aliphatic rings. The zero-order chi connectivity index (χ0) is 32.6. The highest BCUT2D eigenvalue weighted by molar-refractivity contribution is 7.81. The van der Waals surface area contributed by atoms with Gasteiger partial charge in [0.1, 0.15) is 0 Å². The van der Waals surface area contributed by atoms with Crippen molar-refractivity contribution in [2.75, 3.05) is 0 Å². The van der Waals surface area contributed by atoms with E-state index in [1.165, 1.54) is 77.0 Å². The fourth-order valence-corrected chi connectivity index (χ4v) is 5.87. The Morgan fingerprint density at radius 3 is 1.07 bits per heavy atom. The lowest BCUT2D eigenvalue weighted by Gasteiger charge is -2.13. The molecule has 0 amide bonds. The maximum Gasteiger partial charge on any atom is 0.398 e. The van der Waals surface area contributed by atoms with E-state index in [1.54, 1.807) is 0 Å². The average molecular weight is 641 g/mol. The molecule has 0 spiro atoms. The van der Waals surface area contributed by atoms with Crippen LogP contribution in [-0.2, 0) is 24.2 Å². The number of ketones is 2. The summed E-state index contributed by atoms with van der Waals surface area (Å²) in [6.07, 6.45) is 37.1. The van der Waals surface area contributed by atoms with Crippen LogP contribution < -0.4 is 0 Å². The van der Waals surface area contributed by atoms with Crippen LogP contribution in [0.1, 0.15) is 194 Å². The Kier molecular flexibility index (Phi) is 30.7. The van der Waals surface area contributed by atoms with Crippen molar-refractivity contribution in [2.24, 2.45) is 0 Å². The molecular formula is C37H68O6S. The van der Waals surface area contributed by atoms with E-state index in [1.807, 2.05) is 0 Å². The van der Waals surface area contributed by atoms with Crippen LogP contribution in [-0.4, -0.2) is 30.6 Å². The van der Waals surface area contributed by atoms with Crippen LogP contribution in [0.25, 0.3) is 0 Å². The van der Waals surface area contributed by atoms with Gasteiger partial charge in [0.25, 0.3) is 0 Å². The van der Waals surface area contributed by atoms with Crippen LogP contribution in [0, 0.1) is 0 Å². The summed E-state index contributed by atoms with van der Waals surface area (Å²) in [6.45, 7) is 4.48. The summed E-state index contributed by atoms with van der Waals surface area (Å²) in [4.78, 5) is 25.2. The Bertz CT molecular complexity index is 781. The molecule has 44 heavy (non-hydrogen) atoms. The summed E-state index contributed by atoms with van der Waals surface area (Å²) in [5, 5.41) is 0. The van der Waals surface area contributed by atoms with E-state index in [0.29, 0.717) is 12.8 Å². The van der Waals surface area contributed by atoms with Gasteiger partial charge in [0, 0.05) is 12.8 Å². The number of hydrogen-bond acceptors (Lipinski definition) is 5. The molecule has 0 unspecified atom stereocenters. The highest BCUT2D eigenvalue weighted by atomic mass is 32.3. The van der Waals surface area contributed by atoms with Gasteiger partial charge in [-0.25, -0.2) is 4.18 Å². The van der Waals surface area contributed by atoms with E-state index >= 15 is 0 Å². The summed E-state index contributed by atoms with van der Waals surface area (Å²) < 4.78 is 36.2. The third kappa shape index (κ3) is 30.7. The van der Waals surface area contributed by atoms with Gasteiger partial charge in [0.15, 0.2) is 17.7 Å². The molecule has 6 nitrogen and oxygen atoms in total. The molecule has 0 fully saturated rings. The first-order valence-electron chi connectivity index (χ1n) is 18.3. The average Bonchev–Trinajstić information content (AvgIpc) is 2.99. The van der Waals surface area contributed by atoms with Gasteiger partial charge in [0.05, 0.1) is 0 Å². The molecule has 0 aromatic rings. The maximum atomic E-state index is 12.6. The van der Waals surface area contributed by atoms with Gasteiger partial charge in [0.2, 0.25) is 0 Å². The summed E-state index contributed by atoms with van der Waals surface area (Å²) in [5.74, 6) is -1.11. The van der Waals surface area contributed by atoms with Crippen molar-refractivity contribution in [3.8, 4) is 0 Å². The molecular weight excluding hydrogens is 572 g/mol. The van der Waals surface area contributed by atoms with E-state index in [-0.39, 0.29) is 12.8 Å². The Morgan fingerprint density at radius 1 is 0.500 bits per heavy atom. The molecule has 0 aliphatic carbocycles. The first kappa shape index (κ1) is 42.7. The van der Waals surface area contributed by atoms with E-state index in [4.69, 9.17) is 4.55 Å². The number of rotatable bonds is 34. The Hall–Kier alpha value is -1.31. The number of carbonyl (C=O) groups excluding carboxylic acids is 2. The summed E-state index contributed by atoms with van der Waals surface area (Å²) >= 11 is 0. The highest BCUT2D eigenvalue weighted by Crippen LogP contribution is 2.15. The van der Waals surface area contributed by atoms with Gasteiger partial charge in [-0.2, -0.15) is 8.42 Å². The molecule has 0 aromatic heterocycles. The van der Waals surface area contributed by atoms with Crippen LogP contribution in [0.3, 0.4) is 0 Å². The minimum absolute atomic E-state index is 0.0798. The summed E-state index contributed by atoms with van der Waals surface area (Å²) in [6, 6.07) is 0. The molecule has 0 aliphatic heterocycles. The fraction of sp³-hybridized carbons (Fsp3) is 0.838. The molecule has 0 aromatic carbocycles. The zero-order valence-corrected chi connectivity index (χ0v) is 29.4. The lowest BCUT2D eigenvalue weighted by atomic mass is 9.99. The van der Waals surface area contributed by atoms with E-state index < -0.39 is 28.1 Å². The minimum Gasteiger partial charge on any atom is -0.296 e. The SMILES string of the molecule is CCCCCCCC/C=C\CCCCCCCC(=O)C(OS(=O)(=O)O)C(=O)CCCCCCC/C=C\CCCCCCCC. The molecule has 0 bridgehead atoms. The number of unbranched alkanes of at least 4 members (excludes halogenated alkanes) is 22. The van der Waals surface area contributed by atoms with E-state index in [9.17, 15) is 18.0 Å². The summed E-state index contributed by atoms with van der Waals surface area (Å²) in [5.41, 5.74) is 0. The van der Waals surface area contributed by atoms with Gasteiger partial charge in [-0.05, 0) is 64.2 Å². The lowest BCUT2D eigenvalue weighted by Crippen LogP contribution is -2.35. The molecule has 7 heteroatoms. The van der Waals surface area contributed by atoms with Crippen molar-refractivity contribution in [2.45, 2.75) is 200 Å². The number of carbonyl (C=O) groups is 2. The van der Waals surface area contributed by atoms with E-state index in [0.717, 1.165) is 77.0 Å². The van der Waals surface area contributed by atoms with Gasteiger partial charge in [-0.3, -0.25) is 14.1 Å². The van der Waals surface area contributed by atoms with Crippen LogP contribution in [0.15, 0.2) is 24.3 Å². The van der Waals surface area contributed by atoms with Crippen LogP contribution in [0.2, 0.25) is 0 Å². The van der Waals surface area contributed by atoms with Gasteiger partial charge >= 0.3 is 10.4 Å². The molecule has 0 radical (unpaired) electrons. The van der Waals surface area contributed by atoms with Gasteiger partial charge in [-0.1, -0.05) is 141 Å². The van der Waals surface area contributed by atoms with Crippen molar-refractivity contribution in [3.63, 3.8) is 0 Å². The topological polar surface area (TPSA) is 97.7 Å². The minimum atomic E-state index is -4.89. The summed E-state index contributed by atoms with van der Waals surface area (Å²) in [7, 11) is -4.89. The molecule has 0 saturated carbocycles. The normalized spacial score (nSPS) is 12.3. The van der Waals surface area contributed by atoms with Crippen molar-refractivity contribution < 1.29 is 26.7 Å². The third-order valence-corrected chi connectivity index (χ3v) is 8.61. The van der Waals surface area contributed by atoms with E-state index in [2.05, 4.69) is 42.3 Å². The predicted molar refractivity (Wildman–Crippen MR) is 185 cm³/mol. The number of hydrogen-bond donors (Lipinski definition) is 1. The molecule has 0 saturated heterocycles. The number of allylic oxidation sites excluding steroid dienone is 4. The third-order valence-electron chi connectivity index (χ3n) is 8.17. The zero-order valence-electron chi connectivity index (χ0n) is 28.6. The smallest absolute Gasteiger partial charge is 0.296 e. The van der Waals surface area contributed by atoms with Gasteiger partial charge in [-0.15, -0.1) is 0 Å². The van der Waals surface area contributed by atoms with Crippen molar-refractivity contribution in [1.82, 2.24) is 0 Å². The van der Waals surface area contributed by atoms with Crippen molar-refractivity contribution >= 4 is 22.0 Å². The Morgan fingerprint density at radius 2 is 0.773 bits per heavy atom. The molecule has 0 heterocycles. The Balaban J connectivity index is 3.98. The van der Waals surface area contributed by atoms with Crippen LogP contribution in [0.5, 0.6) is 0 Å². The first-order valence-corrected chi connectivity index (χ1v) is 19.7. The highest BCUT2D eigenvalue weighted by Gasteiger charge is 2.30. The second-order valence-electron chi connectivity index (χ2n) is 12.5. The second kappa shape index (κ2) is 31.7. The Labute approximate surface area is 272 Å². The van der Waals surface area contributed by atoms with Crippen LogP contribution >= 0.6 is 0 Å². The largest absolute Gasteiger partial charge is 0.398 e. The van der Waals surface area contributed by atoms with Crippen molar-refractivity contribution in [1.29, 1.82) is 0 Å². The molecule has 0 rings (SSSR count). The standard InChI is InChI=1S/C37H68O6S/c1-3-5-7-9-11-13-15-17-19-21-23-25-27-29-31-33-35(38)37(43-44(40,41)42)36(39)34-32-30-28-26-24-22-20-18-16-14-12-10-8-6-4-2/h17-20,37H,3-16,21-34H2,1-2H3,(H,40,41,42)/b19-17-,20-18-. The molecule has 1 N–H and O–H groups in total. The lowest BCUT2D eigenvalue weighted by molar-refractivity contribution is -0.137. The molecule has 0 atom stereocenters. The fourth-order valence-electron chi connectivity index (χ4n) is 5.41.